The SMILES string of the molecule is CCNc1cccc(Cc2cccc(N)c2)c1. The fourth-order valence-corrected chi connectivity index (χ4v) is 1.93. The Morgan fingerprint density at radius 1 is 1.00 bits per heavy atom. The van der Waals surface area contributed by atoms with Crippen LogP contribution < -0.4 is 11.1 Å². The Morgan fingerprint density at radius 2 is 1.71 bits per heavy atom. The summed E-state index contributed by atoms with van der Waals surface area (Å²) < 4.78 is 0. The Labute approximate surface area is 102 Å². The molecule has 2 aromatic carbocycles. The summed E-state index contributed by atoms with van der Waals surface area (Å²) in [7, 11) is 0. The van der Waals surface area contributed by atoms with E-state index in [1.807, 2.05) is 18.2 Å². The highest BCUT2D eigenvalue weighted by atomic mass is 14.8. The number of hydrogen-bond donors (Lipinski definition) is 2. The maximum Gasteiger partial charge on any atom is 0.0342 e. The molecule has 2 nitrogen and oxygen atoms in total. The minimum Gasteiger partial charge on any atom is -0.399 e. The molecule has 0 atom stereocenters. The molecule has 0 fully saturated rings. The van der Waals surface area contributed by atoms with Crippen molar-refractivity contribution >= 4 is 11.4 Å². The molecule has 0 heterocycles. The molecule has 0 aromatic heterocycles. The van der Waals surface area contributed by atoms with Crippen molar-refractivity contribution in [3.63, 3.8) is 0 Å². The molecule has 0 aliphatic carbocycles. The van der Waals surface area contributed by atoms with Gasteiger partial charge in [0.15, 0.2) is 0 Å². The molecule has 0 saturated carbocycles. The fourth-order valence-electron chi connectivity index (χ4n) is 1.93. The first-order valence-corrected chi connectivity index (χ1v) is 5.95. The molecule has 0 bridgehead atoms. The monoisotopic (exact) mass is 226 g/mol. The quantitative estimate of drug-likeness (QED) is 0.785. The normalized spacial score (nSPS) is 10.2. The van der Waals surface area contributed by atoms with Crippen LogP contribution in [0.3, 0.4) is 0 Å². The smallest absolute Gasteiger partial charge is 0.0342 e. The van der Waals surface area contributed by atoms with Crippen LogP contribution in [0.25, 0.3) is 0 Å². The lowest BCUT2D eigenvalue weighted by Gasteiger charge is -2.07. The van der Waals surface area contributed by atoms with Gasteiger partial charge in [-0.25, -0.2) is 0 Å². The van der Waals surface area contributed by atoms with E-state index in [1.165, 1.54) is 16.8 Å². The maximum absolute atomic E-state index is 5.78. The van der Waals surface area contributed by atoms with Crippen molar-refractivity contribution in [1.82, 2.24) is 0 Å². The van der Waals surface area contributed by atoms with Crippen LogP contribution >= 0.6 is 0 Å². The Kier molecular flexibility index (Phi) is 3.66. The third-order valence-corrected chi connectivity index (χ3v) is 2.67. The van der Waals surface area contributed by atoms with E-state index >= 15 is 0 Å². The highest BCUT2D eigenvalue weighted by molar-refractivity contribution is 5.48. The highest BCUT2D eigenvalue weighted by Crippen LogP contribution is 2.16. The first-order valence-electron chi connectivity index (χ1n) is 5.95. The third kappa shape index (κ3) is 3.25. The molecular weight excluding hydrogens is 208 g/mol. The topological polar surface area (TPSA) is 38.0 Å². The molecule has 0 aliphatic heterocycles. The summed E-state index contributed by atoms with van der Waals surface area (Å²) in [6.45, 7) is 3.05. The van der Waals surface area contributed by atoms with Gasteiger partial charge in [0.2, 0.25) is 0 Å². The Hall–Kier alpha value is -1.96. The lowest BCUT2D eigenvalue weighted by Crippen LogP contribution is -1.97. The van der Waals surface area contributed by atoms with Gasteiger partial charge >= 0.3 is 0 Å². The van der Waals surface area contributed by atoms with Crippen LogP contribution in [0.1, 0.15) is 18.1 Å². The molecule has 3 N–H and O–H groups in total. The summed E-state index contributed by atoms with van der Waals surface area (Å²) in [6.07, 6.45) is 0.921. The number of benzene rings is 2. The van der Waals surface area contributed by atoms with Crippen LogP contribution in [0.5, 0.6) is 0 Å². The van der Waals surface area contributed by atoms with Crippen molar-refractivity contribution in [2.45, 2.75) is 13.3 Å². The molecule has 0 unspecified atom stereocenters. The predicted octanol–water partition coefficient (Wildman–Crippen LogP) is 3.29. The number of hydrogen-bond acceptors (Lipinski definition) is 2. The lowest BCUT2D eigenvalue weighted by atomic mass is 10.0. The average molecular weight is 226 g/mol. The number of nitrogen functional groups attached to an aromatic ring is 1. The second kappa shape index (κ2) is 5.39. The van der Waals surface area contributed by atoms with Gasteiger partial charge in [-0.2, -0.15) is 0 Å². The van der Waals surface area contributed by atoms with Gasteiger partial charge in [0.1, 0.15) is 0 Å². The first-order chi connectivity index (χ1) is 8.28. The number of nitrogens with one attached hydrogen (secondary N) is 1. The molecular formula is C15H18N2. The van der Waals surface area contributed by atoms with Gasteiger partial charge < -0.3 is 11.1 Å². The van der Waals surface area contributed by atoms with Crippen molar-refractivity contribution in [1.29, 1.82) is 0 Å². The molecule has 0 saturated heterocycles. The summed E-state index contributed by atoms with van der Waals surface area (Å²) in [5, 5.41) is 3.32. The van der Waals surface area contributed by atoms with E-state index in [0.717, 1.165) is 18.7 Å². The largest absolute Gasteiger partial charge is 0.399 e. The zero-order valence-corrected chi connectivity index (χ0v) is 10.1. The average Bonchev–Trinajstić information content (AvgIpc) is 2.30. The van der Waals surface area contributed by atoms with Crippen LogP contribution in [0.4, 0.5) is 11.4 Å². The van der Waals surface area contributed by atoms with Gasteiger partial charge in [0.25, 0.3) is 0 Å². The first kappa shape index (κ1) is 11.5. The number of anilines is 2. The fraction of sp³-hybridized carbons (Fsp3) is 0.200. The third-order valence-electron chi connectivity index (χ3n) is 2.67. The summed E-state index contributed by atoms with van der Waals surface area (Å²) in [4.78, 5) is 0. The summed E-state index contributed by atoms with van der Waals surface area (Å²) in [5.41, 5.74) is 10.3. The van der Waals surface area contributed by atoms with Crippen LogP contribution in [-0.4, -0.2) is 6.54 Å². The molecule has 0 aliphatic rings. The van der Waals surface area contributed by atoms with Crippen molar-refractivity contribution in [2.24, 2.45) is 0 Å². The molecule has 2 rings (SSSR count). The zero-order valence-electron chi connectivity index (χ0n) is 10.1. The predicted molar refractivity (Wildman–Crippen MR) is 74.3 cm³/mol. The highest BCUT2D eigenvalue weighted by Gasteiger charge is 1.98. The van der Waals surface area contributed by atoms with Crippen LogP contribution in [-0.2, 0) is 6.42 Å². The van der Waals surface area contributed by atoms with E-state index in [4.69, 9.17) is 5.73 Å². The molecule has 0 radical (unpaired) electrons. The molecule has 0 amide bonds. The van der Waals surface area contributed by atoms with E-state index in [9.17, 15) is 0 Å². The second-order valence-corrected chi connectivity index (χ2v) is 4.15. The van der Waals surface area contributed by atoms with E-state index in [1.54, 1.807) is 0 Å². The van der Waals surface area contributed by atoms with Gasteiger partial charge in [-0.3, -0.25) is 0 Å². The molecule has 88 valence electrons. The van der Waals surface area contributed by atoms with Crippen molar-refractivity contribution in [3.05, 3.63) is 59.7 Å². The lowest BCUT2D eigenvalue weighted by molar-refractivity contribution is 1.17. The van der Waals surface area contributed by atoms with E-state index in [-0.39, 0.29) is 0 Å². The minimum absolute atomic E-state index is 0.824. The van der Waals surface area contributed by atoms with E-state index in [0.29, 0.717) is 0 Å². The summed E-state index contributed by atoms with van der Waals surface area (Å²) >= 11 is 0. The van der Waals surface area contributed by atoms with Gasteiger partial charge in [0.05, 0.1) is 0 Å². The number of nitrogens with two attached hydrogens (primary N) is 1. The Morgan fingerprint density at radius 3 is 2.41 bits per heavy atom. The Bertz CT molecular complexity index is 492. The molecule has 2 heteroatoms. The molecule has 0 spiro atoms. The van der Waals surface area contributed by atoms with Crippen molar-refractivity contribution in [2.75, 3.05) is 17.6 Å². The van der Waals surface area contributed by atoms with E-state index < -0.39 is 0 Å². The van der Waals surface area contributed by atoms with Crippen molar-refractivity contribution < 1.29 is 0 Å². The molecule has 2 aromatic rings. The molecule has 17 heavy (non-hydrogen) atoms. The standard InChI is InChI=1S/C15H18N2/c1-2-17-15-8-4-6-13(11-15)9-12-5-3-7-14(16)10-12/h3-8,10-11,17H,2,9,16H2,1H3. The maximum atomic E-state index is 5.78. The number of rotatable bonds is 4. The zero-order chi connectivity index (χ0) is 12.1. The van der Waals surface area contributed by atoms with Gasteiger partial charge in [-0.1, -0.05) is 24.3 Å². The van der Waals surface area contributed by atoms with Crippen LogP contribution in [0.15, 0.2) is 48.5 Å². The van der Waals surface area contributed by atoms with Crippen molar-refractivity contribution in [3.8, 4) is 0 Å². The van der Waals surface area contributed by atoms with Crippen LogP contribution in [0.2, 0.25) is 0 Å². The minimum atomic E-state index is 0.824. The van der Waals surface area contributed by atoms with Gasteiger partial charge in [-0.15, -0.1) is 0 Å². The van der Waals surface area contributed by atoms with Gasteiger partial charge in [0, 0.05) is 17.9 Å². The van der Waals surface area contributed by atoms with Crippen LogP contribution in [0, 0.1) is 0 Å². The summed E-state index contributed by atoms with van der Waals surface area (Å²) in [6, 6.07) is 16.6. The summed E-state index contributed by atoms with van der Waals surface area (Å²) in [5.74, 6) is 0. The van der Waals surface area contributed by atoms with Gasteiger partial charge in [-0.05, 0) is 48.7 Å². The Balaban J connectivity index is 2.15. The second-order valence-electron chi connectivity index (χ2n) is 4.15. The van der Waals surface area contributed by atoms with E-state index in [2.05, 4.69) is 42.6 Å².